The molecule has 1 aromatic carbocycles. The van der Waals surface area contributed by atoms with Crippen LogP contribution in [0.25, 0.3) is 10.6 Å². The first-order valence-corrected chi connectivity index (χ1v) is 5.51. The largest absolute Gasteiger partial charge is 0.205 e. The Labute approximate surface area is 97.3 Å². The molecule has 0 bridgehead atoms. The van der Waals surface area contributed by atoms with Crippen LogP contribution in [0.5, 0.6) is 0 Å². The van der Waals surface area contributed by atoms with Crippen molar-refractivity contribution in [3.63, 3.8) is 0 Å². The van der Waals surface area contributed by atoms with E-state index in [9.17, 15) is 4.39 Å². The maximum atomic E-state index is 13.7. The molecule has 0 saturated carbocycles. The molecule has 6 heteroatoms. The summed E-state index contributed by atoms with van der Waals surface area (Å²) in [6.45, 7) is 0. The third-order valence-corrected chi connectivity index (χ3v) is 3.14. The summed E-state index contributed by atoms with van der Waals surface area (Å²) in [5.74, 6) is -0.552. The molecule has 0 atom stereocenters. The summed E-state index contributed by atoms with van der Waals surface area (Å²) in [5, 5.41) is 16.6. The number of halogens is 2. The van der Waals surface area contributed by atoms with E-state index in [0.717, 1.165) is 0 Å². The molecule has 2 aromatic rings. The molecule has 0 fully saturated rings. The lowest BCUT2D eigenvalue weighted by Crippen LogP contribution is -1.88. The topological polar surface area (TPSA) is 49.6 Å². The predicted octanol–water partition coefficient (Wildman–Crippen LogP) is 2.98. The zero-order valence-electron chi connectivity index (χ0n) is 7.24. The highest BCUT2D eigenvalue weighted by atomic mass is 79.9. The molecule has 0 N–H and O–H groups in total. The second kappa shape index (κ2) is 4.04. The van der Waals surface area contributed by atoms with E-state index in [4.69, 9.17) is 5.26 Å². The van der Waals surface area contributed by atoms with Crippen LogP contribution in [0, 0.1) is 17.1 Å². The van der Waals surface area contributed by atoms with Crippen molar-refractivity contribution in [2.45, 2.75) is 0 Å². The molecule has 0 unspecified atom stereocenters. The van der Waals surface area contributed by atoms with Crippen LogP contribution < -0.4 is 0 Å². The molecule has 1 aromatic heterocycles. The number of nitriles is 1. The van der Waals surface area contributed by atoms with Crippen LogP contribution in [0.15, 0.2) is 22.1 Å². The lowest BCUT2D eigenvalue weighted by molar-refractivity contribution is 0.627. The Balaban J connectivity index is 2.59. The molecule has 1 heterocycles. The smallest absolute Gasteiger partial charge is 0.183 e. The Hall–Kier alpha value is -1.32. The summed E-state index contributed by atoms with van der Waals surface area (Å²) in [6, 6.07) is 6.40. The summed E-state index contributed by atoms with van der Waals surface area (Å²) < 4.78 is 14.3. The van der Waals surface area contributed by atoms with Crippen LogP contribution >= 0.6 is 27.3 Å². The Bertz CT molecular complexity index is 547. The SMILES string of the molecule is N#Cc1cccc(-c2nnc(Br)s2)c1F. The van der Waals surface area contributed by atoms with E-state index >= 15 is 0 Å². The molecule has 15 heavy (non-hydrogen) atoms. The van der Waals surface area contributed by atoms with Gasteiger partial charge in [-0.2, -0.15) is 5.26 Å². The van der Waals surface area contributed by atoms with Crippen molar-refractivity contribution in [1.29, 1.82) is 5.26 Å². The minimum atomic E-state index is -0.552. The van der Waals surface area contributed by atoms with E-state index in [0.29, 0.717) is 14.5 Å². The van der Waals surface area contributed by atoms with Crippen LogP contribution in [0.4, 0.5) is 4.39 Å². The number of nitrogens with zero attached hydrogens (tertiary/aromatic N) is 3. The average molecular weight is 284 g/mol. The first kappa shape index (κ1) is 10.2. The van der Waals surface area contributed by atoms with Crippen molar-refractivity contribution in [3.8, 4) is 16.6 Å². The average Bonchev–Trinajstić information content (AvgIpc) is 2.65. The van der Waals surface area contributed by atoms with Gasteiger partial charge >= 0.3 is 0 Å². The van der Waals surface area contributed by atoms with Gasteiger partial charge in [-0.1, -0.05) is 17.4 Å². The fraction of sp³-hybridized carbons (Fsp3) is 0. The highest BCUT2D eigenvalue weighted by Crippen LogP contribution is 2.29. The minimum Gasteiger partial charge on any atom is -0.205 e. The van der Waals surface area contributed by atoms with Gasteiger partial charge in [0.1, 0.15) is 6.07 Å². The lowest BCUT2D eigenvalue weighted by atomic mass is 10.1. The first-order chi connectivity index (χ1) is 7.22. The lowest BCUT2D eigenvalue weighted by Gasteiger charge is -1.98. The van der Waals surface area contributed by atoms with Gasteiger partial charge < -0.3 is 0 Å². The van der Waals surface area contributed by atoms with Gasteiger partial charge in [0.05, 0.1) is 5.56 Å². The van der Waals surface area contributed by atoms with Crippen LogP contribution in [0.3, 0.4) is 0 Å². The Morgan fingerprint density at radius 1 is 1.40 bits per heavy atom. The maximum absolute atomic E-state index is 13.7. The van der Waals surface area contributed by atoms with Gasteiger partial charge in [0.15, 0.2) is 14.7 Å². The van der Waals surface area contributed by atoms with Crippen molar-refractivity contribution < 1.29 is 4.39 Å². The van der Waals surface area contributed by atoms with Gasteiger partial charge in [-0.15, -0.1) is 10.2 Å². The second-order valence-electron chi connectivity index (χ2n) is 2.64. The van der Waals surface area contributed by atoms with Gasteiger partial charge in [-0.3, -0.25) is 0 Å². The van der Waals surface area contributed by atoms with Crippen molar-refractivity contribution in [2.75, 3.05) is 0 Å². The van der Waals surface area contributed by atoms with E-state index in [1.807, 2.05) is 0 Å². The summed E-state index contributed by atoms with van der Waals surface area (Å²) in [7, 11) is 0. The molecule has 74 valence electrons. The molecule has 0 aliphatic rings. The van der Waals surface area contributed by atoms with Crippen LogP contribution in [-0.4, -0.2) is 10.2 Å². The standard InChI is InChI=1S/C9H3BrFN3S/c10-9-14-13-8(15-9)6-3-1-2-5(4-12)7(6)11/h1-3H. The highest BCUT2D eigenvalue weighted by Gasteiger charge is 2.13. The summed E-state index contributed by atoms with van der Waals surface area (Å²) in [4.78, 5) is 0. The van der Waals surface area contributed by atoms with Crippen molar-refractivity contribution >= 4 is 27.3 Å². The number of rotatable bonds is 1. The number of hydrogen-bond acceptors (Lipinski definition) is 4. The fourth-order valence-corrected chi connectivity index (χ4v) is 2.23. The number of aromatic nitrogens is 2. The zero-order valence-corrected chi connectivity index (χ0v) is 9.64. The quantitative estimate of drug-likeness (QED) is 0.808. The zero-order chi connectivity index (χ0) is 10.8. The summed E-state index contributed by atoms with van der Waals surface area (Å²) >= 11 is 4.37. The highest BCUT2D eigenvalue weighted by molar-refractivity contribution is 9.11. The molecule has 0 aliphatic carbocycles. The molecule has 0 aliphatic heterocycles. The normalized spacial score (nSPS) is 9.93. The molecule has 3 nitrogen and oxygen atoms in total. The van der Waals surface area contributed by atoms with Crippen molar-refractivity contribution in [3.05, 3.63) is 33.5 Å². The molecule has 0 spiro atoms. The van der Waals surface area contributed by atoms with Crippen LogP contribution in [-0.2, 0) is 0 Å². The van der Waals surface area contributed by atoms with Crippen molar-refractivity contribution in [1.82, 2.24) is 10.2 Å². The van der Waals surface area contributed by atoms with E-state index in [-0.39, 0.29) is 5.56 Å². The van der Waals surface area contributed by atoms with Gasteiger partial charge in [0.2, 0.25) is 0 Å². The van der Waals surface area contributed by atoms with Crippen molar-refractivity contribution in [2.24, 2.45) is 0 Å². The predicted molar refractivity (Wildman–Crippen MR) is 57.7 cm³/mol. The molecule has 0 saturated heterocycles. The Kier molecular flexibility index (Phi) is 2.75. The van der Waals surface area contributed by atoms with E-state index in [1.54, 1.807) is 18.2 Å². The summed E-state index contributed by atoms with van der Waals surface area (Å²) in [5.41, 5.74) is 0.316. The van der Waals surface area contributed by atoms with E-state index in [2.05, 4.69) is 26.1 Å². The second-order valence-corrected chi connectivity index (χ2v) is 4.89. The number of benzene rings is 1. The molecular formula is C9H3BrFN3S. The van der Waals surface area contributed by atoms with Gasteiger partial charge in [-0.05, 0) is 28.1 Å². The van der Waals surface area contributed by atoms with E-state index in [1.165, 1.54) is 17.4 Å². The maximum Gasteiger partial charge on any atom is 0.183 e. The van der Waals surface area contributed by atoms with Gasteiger partial charge in [0.25, 0.3) is 0 Å². The molecular weight excluding hydrogens is 281 g/mol. The Morgan fingerprint density at radius 2 is 2.20 bits per heavy atom. The molecule has 2 rings (SSSR count). The fourth-order valence-electron chi connectivity index (χ4n) is 1.10. The molecule has 0 radical (unpaired) electrons. The van der Waals surface area contributed by atoms with Crippen LogP contribution in [0.1, 0.15) is 5.56 Å². The monoisotopic (exact) mass is 283 g/mol. The Morgan fingerprint density at radius 3 is 2.80 bits per heavy atom. The van der Waals surface area contributed by atoms with Gasteiger partial charge in [-0.25, -0.2) is 4.39 Å². The number of hydrogen-bond donors (Lipinski definition) is 0. The van der Waals surface area contributed by atoms with Crippen LogP contribution in [0.2, 0.25) is 0 Å². The third-order valence-electron chi connectivity index (χ3n) is 1.75. The summed E-state index contributed by atoms with van der Waals surface area (Å²) in [6.07, 6.45) is 0. The minimum absolute atomic E-state index is 0.0128. The first-order valence-electron chi connectivity index (χ1n) is 3.90. The third kappa shape index (κ3) is 1.89. The van der Waals surface area contributed by atoms with Gasteiger partial charge in [0, 0.05) is 5.56 Å². The van der Waals surface area contributed by atoms with E-state index < -0.39 is 5.82 Å². The molecule has 0 amide bonds.